The van der Waals surface area contributed by atoms with E-state index in [0.717, 1.165) is 23.1 Å². The fourth-order valence-electron chi connectivity index (χ4n) is 1.12. The number of nitrogens with zero attached hydrogens (tertiary/aromatic N) is 1. The number of aromatic nitrogens is 1. The van der Waals surface area contributed by atoms with Gasteiger partial charge in [-0.2, -0.15) is 0 Å². The lowest BCUT2D eigenvalue weighted by atomic mass is 9.92. The van der Waals surface area contributed by atoms with Crippen LogP contribution < -0.4 is 5.32 Å². The second kappa shape index (κ2) is 5.17. The van der Waals surface area contributed by atoms with Crippen molar-refractivity contribution in [2.45, 2.75) is 27.2 Å². The van der Waals surface area contributed by atoms with Gasteiger partial charge in [-0.3, -0.25) is 0 Å². The second-order valence-corrected chi connectivity index (χ2v) is 6.00. The van der Waals surface area contributed by atoms with Crippen molar-refractivity contribution in [2.75, 3.05) is 11.9 Å². The molecule has 0 saturated carbocycles. The lowest BCUT2D eigenvalue weighted by Crippen LogP contribution is -2.13. The molecule has 0 unspecified atom stereocenters. The van der Waals surface area contributed by atoms with E-state index in [4.69, 9.17) is 11.6 Å². The largest absolute Gasteiger partial charge is 0.383 e. The first-order chi connectivity index (χ1) is 6.88. The zero-order chi connectivity index (χ0) is 11.5. The van der Waals surface area contributed by atoms with Gasteiger partial charge in [0.25, 0.3) is 0 Å². The molecule has 0 aliphatic heterocycles. The maximum Gasteiger partial charge on any atom is 0.152 e. The molecule has 0 aliphatic rings. The highest BCUT2D eigenvalue weighted by Crippen LogP contribution is 2.24. The summed E-state index contributed by atoms with van der Waals surface area (Å²) in [6.45, 7) is 7.56. The van der Waals surface area contributed by atoms with Crippen LogP contribution in [0.1, 0.15) is 27.2 Å². The van der Waals surface area contributed by atoms with Gasteiger partial charge in [0.1, 0.15) is 0 Å². The van der Waals surface area contributed by atoms with Gasteiger partial charge in [0.2, 0.25) is 0 Å². The molecule has 15 heavy (non-hydrogen) atoms. The third-order valence-electron chi connectivity index (χ3n) is 2.00. The maximum absolute atomic E-state index is 5.95. The summed E-state index contributed by atoms with van der Waals surface area (Å²) >= 11 is 9.32. The van der Waals surface area contributed by atoms with Gasteiger partial charge in [-0.25, -0.2) is 4.98 Å². The normalized spacial score (nSPS) is 11.5. The Morgan fingerprint density at radius 2 is 2.13 bits per heavy atom. The molecule has 0 aromatic carbocycles. The fraction of sp³-hybridized carbons (Fsp3) is 0.545. The van der Waals surface area contributed by atoms with Crippen LogP contribution in [0.2, 0.25) is 5.15 Å². The second-order valence-electron chi connectivity index (χ2n) is 4.73. The molecule has 0 spiro atoms. The molecular formula is C11H16BrClN2. The van der Waals surface area contributed by atoms with Gasteiger partial charge >= 0.3 is 0 Å². The molecule has 0 aliphatic carbocycles. The lowest BCUT2D eigenvalue weighted by molar-refractivity contribution is 0.390. The third-order valence-corrected chi connectivity index (χ3v) is 2.73. The van der Waals surface area contributed by atoms with Crippen LogP contribution in [0.3, 0.4) is 0 Å². The van der Waals surface area contributed by atoms with Crippen molar-refractivity contribution in [3.8, 4) is 0 Å². The van der Waals surface area contributed by atoms with Crippen molar-refractivity contribution in [1.82, 2.24) is 4.98 Å². The minimum atomic E-state index is 0.332. The summed E-state index contributed by atoms with van der Waals surface area (Å²) in [5, 5.41) is 3.81. The van der Waals surface area contributed by atoms with E-state index in [0.29, 0.717) is 10.6 Å². The molecule has 0 radical (unpaired) electrons. The van der Waals surface area contributed by atoms with E-state index in [1.54, 1.807) is 6.20 Å². The first-order valence-electron chi connectivity index (χ1n) is 4.93. The van der Waals surface area contributed by atoms with E-state index in [-0.39, 0.29) is 0 Å². The Labute approximate surface area is 105 Å². The van der Waals surface area contributed by atoms with E-state index in [1.165, 1.54) is 0 Å². The summed E-state index contributed by atoms with van der Waals surface area (Å²) in [5.41, 5.74) is 1.22. The number of halogens is 2. The smallest absolute Gasteiger partial charge is 0.152 e. The van der Waals surface area contributed by atoms with Crippen LogP contribution in [0.4, 0.5) is 5.69 Å². The Morgan fingerprint density at radius 3 is 2.73 bits per heavy atom. The number of anilines is 1. The number of hydrogen-bond acceptors (Lipinski definition) is 2. The zero-order valence-electron chi connectivity index (χ0n) is 9.27. The SMILES string of the molecule is CC(C)(C)CCNc1cc(Br)cnc1Cl. The third kappa shape index (κ3) is 4.85. The molecule has 4 heteroatoms. The van der Waals surface area contributed by atoms with Crippen molar-refractivity contribution in [2.24, 2.45) is 5.41 Å². The highest BCUT2D eigenvalue weighted by molar-refractivity contribution is 9.10. The van der Waals surface area contributed by atoms with E-state index >= 15 is 0 Å². The maximum atomic E-state index is 5.95. The summed E-state index contributed by atoms with van der Waals surface area (Å²) in [6, 6.07) is 1.94. The van der Waals surface area contributed by atoms with Gasteiger partial charge in [0.05, 0.1) is 5.69 Å². The van der Waals surface area contributed by atoms with E-state index in [9.17, 15) is 0 Å². The molecule has 0 bridgehead atoms. The van der Waals surface area contributed by atoms with Crippen molar-refractivity contribution in [1.29, 1.82) is 0 Å². The molecule has 0 atom stereocenters. The van der Waals surface area contributed by atoms with Gasteiger partial charge in [0, 0.05) is 17.2 Å². The molecule has 1 aromatic rings. The Balaban J connectivity index is 2.54. The van der Waals surface area contributed by atoms with Gasteiger partial charge in [-0.1, -0.05) is 32.4 Å². The van der Waals surface area contributed by atoms with Crippen molar-refractivity contribution >= 4 is 33.2 Å². The van der Waals surface area contributed by atoms with Crippen LogP contribution >= 0.6 is 27.5 Å². The molecule has 1 N–H and O–H groups in total. The van der Waals surface area contributed by atoms with Crippen LogP contribution in [-0.4, -0.2) is 11.5 Å². The number of pyridine rings is 1. The van der Waals surface area contributed by atoms with Crippen LogP contribution in [0, 0.1) is 5.41 Å². The van der Waals surface area contributed by atoms with Crippen LogP contribution in [0.5, 0.6) is 0 Å². The lowest BCUT2D eigenvalue weighted by Gasteiger charge is -2.18. The topological polar surface area (TPSA) is 24.9 Å². The van der Waals surface area contributed by atoms with Crippen molar-refractivity contribution in [3.05, 3.63) is 21.9 Å². The molecule has 84 valence electrons. The van der Waals surface area contributed by atoms with Crippen molar-refractivity contribution in [3.63, 3.8) is 0 Å². The minimum Gasteiger partial charge on any atom is -0.383 e. The number of nitrogens with one attached hydrogen (secondary N) is 1. The fourth-order valence-corrected chi connectivity index (χ4v) is 1.62. The summed E-state index contributed by atoms with van der Waals surface area (Å²) < 4.78 is 0.935. The summed E-state index contributed by atoms with van der Waals surface area (Å²) in [5.74, 6) is 0. The minimum absolute atomic E-state index is 0.332. The Bertz CT molecular complexity index is 334. The monoisotopic (exact) mass is 290 g/mol. The molecule has 1 aromatic heterocycles. The van der Waals surface area contributed by atoms with Crippen LogP contribution in [0.25, 0.3) is 0 Å². The molecule has 1 heterocycles. The van der Waals surface area contributed by atoms with Gasteiger partial charge in [-0.15, -0.1) is 0 Å². The Morgan fingerprint density at radius 1 is 1.47 bits per heavy atom. The van der Waals surface area contributed by atoms with E-state index in [2.05, 4.69) is 47.0 Å². The van der Waals surface area contributed by atoms with Crippen LogP contribution in [-0.2, 0) is 0 Å². The molecule has 0 amide bonds. The molecular weight excluding hydrogens is 275 g/mol. The Hall–Kier alpha value is -0.280. The predicted octanol–water partition coefficient (Wildman–Crippen LogP) is 4.35. The standard InChI is InChI=1S/C11H16BrClN2/c1-11(2,3)4-5-14-9-6-8(12)7-15-10(9)13/h6-7,14H,4-5H2,1-3H3. The van der Waals surface area contributed by atoms with E-state index in [1.807, 2.05) is 6.07 Å². The molecule has 1 rings (SSSR count). The van der Waals surface area contributed by atoms with Gasteiger partial charge in [-0.05, 0) is 33.8 Å². The van der Waals surface area contributed by atoms with E-state index < -0.39 is 0 Å². The van der Waals surface area contributed by atoms with Gasteiger partial charge < -0.3 is 5.32 Å². The average molecular weight is 292 g/mol. The number of hydrogen-bond donors (Lipinski definition) is 1. The van der Waals surface area contributed by atoms with Crippen molar-refractivity contribution < 1.29 is 0 Å². The van der Waals surface area contributed by atoms with Gasteiger partial charge in [0.15, 0.2) is 5.15 Å². The molecule has 2 nitrogen and oxygen atoms in total. The molecule has 0 saturated heterocycles. The Kier molecular flexibility index (Phi) is 4.41. The first kappa shape index (κ1) is 12.8. The first-order valence-corrected chi connectivity index (χ1v) is 6.10. The quantitative estimate of drug-likeness (QED) is 0.838. The highest BCUT2D eigenvalue weighted by atomic mass is 79.9. The summed E-state index contributed by atoms with van der Waals surface area (Å²) in [4.78, 5) is 4.05. The highest BCUT2D eigenvalue weighted by Gasteiger charge is 2.10. The van der Waals surface area contributed by atoms with Crippen LogP contribution in [0.15, 0.2) is 16.7 Å². The summed E-state index contributed by atoms with van der Waals surface area (Å²) in [7, 11) is 0. The number of rotatable bonds is 3. The zero-order valence-corrected chi connectivity index (χ0v) is 11.6. The average Bonchev–Trinajstić information content (AvgIpc) is 2.09. The summed E-state index contributed by atoms with van der Waals surface area (Å²) in [6.07, 6.45) is 2.78. The molecule has 0 fully saturated rings. The predicted molar refractivity (Wildman–Crippen MR) is 69.5 cm³/mol.